The van der Waals surface area contributed by atoms with E-state index in [1.54, 1.807) is 25.5 Å². The Morgan fingerprint density at radius 2 is 2.18 bits per heavy atom. The van der Waals surface area contributed by atoms with Crippen LogP contribution in [0.15, 0.2) is 31.1 Å². The summed E-state index contributed by atoms with van der Waals surface area (Å²) in [4.78, 5) is 22.3. The maximum Gasteiger partial charge on any atom is 0.415 e. The van der Waals surface area contributed by atoms with Crippen molar-refractivity contribution in [1.82, 2.24) is 9.97 Å². The summed E-state index contributed by atoms with van der Waals surface area (Å²) in [5.41, 5.74) is 1.01. The first-order valence-electron chi connectivity index (χ1n) is 6.82. The van der Waals surface area contributed by atoms with Gasteiger partial charge in [-0.2, -0.15) is 0 Å². The predicted octanol–water partition coefficient (Wildman–Crippen LogP) is 4.22. The lowest BCUT2D eigenvalue weighted by atomic mass is 10.2. The molecule has 5 nitrogen and oxygen atoms in total. The molecule has 0 fully saturated rings. The average Bonchev–Trinajstić information content (AvgIpc) is 2.89. The summed E-state index contributed by atoms with van der Waals surface area (Å²) in [5, 5.41) is 1.48. The minimum atomic E-state index is -0.545. The number of anilines is 1. The first kappa shape index (κ1) is 16.2. The van der Waals surface area contributed by atoms with Gasteiger partial charge in [-0.25, -0.2) is 9.78 Å². The lowest BCUT2D eigenvalue weighted by Gasteiger charge is -2.24. The molecule has 2 heterocycles. The molecule has 2 rings (SSSR count). The predicted molar refractivity (Wildman–Crippen MR) is 90.1 cm³/mol. The zero-order valence-electron chi connectivity index (χ0n) is 13.2. The third-order valence-electron chi connectivity index (χ3n) is 2.71. The molecule has 116 valence electrons. The summed E-state index contributed by atoms with van der Waals surface area (Å²) in [5.74, 6) is 0. The van der Waals surface area contributed by atoms with Crippen LogP contribution < -0.4 is 4.90 Å². The van der Waals surface area contributed by atoms with Crippen molar-refractivity contribution in [3.63, 3.8) is 0 Å². The highest BCUT2D eigenvalue weighted by molar-refractivity contribution is 7.19. The fourth-order valence-corrected chi connectivity index (χ4v) is 2.73. The van der Waals surface area contributed by atoms with Crippen LogP contribution in [0.2, 0.25) is 0 Å². The maximum atomic E-state index is 12.2. The maximum absolute atomic E-state index is 12.2. The van der Waals surface area contributed by atoms with E-state index in [1.807, 2.05) is 32.9 Å². The molecule has 2 aromatic heterocycles. The molecule has 0 saturated heterocycles. The highest BCUT2D eigenvalue weighted by Gasteiger charge is 2.24. The van der Waals surface area contributed by atoms with Crippen LogP contribution >= 0.6 is 11.3 Å². The van der Waals surface area contributed by atoms with Crippen LogP contribution in [0.1, 0.15) is 26.5 Å². The fourth-order valence-electron chi connectivity index (χ4n) is 1.72. The van der Waals surface area contributed by atoms with Crippen LogP contribution in [-0.4, -0.2) is 28.7 Å². The van der Waals surface area contributed by atoms with Crippen LogP contribution in [0.4, 0.5) is 9.80 Å². The highest BCUT2D eigenvalue weighted by Crippen LogP contribution is 2.35. The number of pyridine rings is 1. The third-order valence-corrected chi connectivity index (χ3v) is 3.90. The van der Waals surface area contributed by atoms with Crippen molar-refractivity contribution in [2.75, 3.05) is 11.9 Å². The number of rotatable bonds is 3. The van der Waals surface area contributed by atoms with Gasteiger partial charge in [-0.1, -0.05) is 17.9 Å². The van der Waals surface area contributed by atoms with Gasteiger partial charge in [0.1, 0.15) is 15.6 Å². The molecule has 6 heteroatoms. The second-order valence-corrected chi connectivity index (χ2v) is 6.67. The van der Waals surface area contributed by atoms with E-state index in [-0.39, 0.29) is 0 Å². The normalized spacial score (nSPS) is 11.1. The van der Waals surface area contributed by atoms with Crippen molar-refractivity contribution < 1.29 is 9.53 Å². The van der Waals surface area contributed by atoms with Gasteiger partial charge in [0, 0.05) is 25.0 Å². The topological polar surface area (TPSA) is 55.3 Å². The highest BCUT2D eigenvalue weighted by atomic mass is 32.1. The lowest BCUT2D eigenvalue weighted by molar-refractivity contribution is 0.0590. The van der Waals surface area contributed by atoms with E-state index >= 15 is 0 Å². The average molecular weight is 317 g/mol. The zero-order valence-corrected chi connectivity index (χ0v) is 14.0. The first-order chi connectivity index (χ1) is 10.3. The monoisotopic (exact) mass is 317 g/mol. The van der Waals surface area contributed by atoms with Crippen LogP contribution in [0.3, 0.4) is 0 Å². The Bertz CT molecular complexity index is 674. The molecular weight excluding hydrogens is 298 g/mol. The summed E-state index contributed by atoms with van der Waals surface area (Å²) in [6.07, 6.45) is 4.66. The third kappa shape index (κ3) is 3.71. The molecule has 0 aliphatic carbocycles. The van der Waals surface area contributed by atoms with E-state index < -0.39 is 11.7 Å². The number of amides is 1. The van der Waals surface area contributed by atoms with Crippen molar-refractivity contribution in [3.8, 4) is 10.6 Å². The molecule has 0 radical (unpaired) electrons. The molecule has 0 N–H and O–H groups in total. The minimum Gasteiger partial charge on any atom is -0.443 e. The Morgan fingerprint density at radius 3 is 2.73 bits per heavy atom. The van der Waals surface area contributed by atoms with E-state index in [1.165, 1.54) is 16.2 Å². The number of aromatic nitrogens is 2. The van der Waals surface area contributed by atoms with Gasteiger partial charge in [0.05, 0.1) is 5.69 Å². The number of carbonyl (C=O) groups excluding carboxylic acids is 1. The van der Waals surface area contributed by atoms with Crippen molar-refractivity contribution in [2.24, 2.45) is 0 Å². The van der Waals surface area contributed by atoms with Crippen molar-refractivity contribution in [3.05, 3.63) is 36.8 Å². The van der Waals surface area contributed by atoms with Crippen molar-refractivity contribution in [1.29, 1.82) is 0 Å². The molecule has 22 heavy (non-hydrogen) atoms. The number of nitrogens with zero attached hydrogens (tertiary/aromatic N) is 3. The second kappa shape index (κ2) is 6.27. The van der Waals surface area contributed by atoms with Gasteiger partial charge in [0.2, 0.25) is 0 Å². The Morgan fingerprint density at radius 1 is 1.45 bits per heavy atom. The standard InChI is InChI=1S/C16H19N3O2S/c1-6-12-14(19(5)15(20)21-16(2,3)4)22-13(18-12)11-8-7-9-17-10-11/h6-10H,1H2,2-5H3. The van der Waals surface area contributed by atoms with Crippen LogP contribution in [-0.2, 0) is 4.74 Å². The Hall–Kier alpha value is -2.21. The fraction of sp³-hybridized carbons (Fsp3) is 0.312. The van der Waals surface area contributed by atoms with E-state index in [9.17, 15) is 4.79 Å². The van der Waals surface area contributed by atoms with E-state index in [0.717, 1.165) is 10.6 Å². The van der Waals surface area contributed by atoms with Gasteiger partial charge in [-0.15, -0.1) is 0 Å². The largest absolute Gasteiger partial charge is 0.443 e. The molecule has 0 aromatic carbocycles. The van der Waals surface area contributed by atoms with Gasteiger partial charge in [0.25, 0.3) is 0 Å². The molecular formula is C16H19N3O2S. The van der Waals surface area contributed by atoms with E-state index in [0.29, 0.717) is 10.7 Å². The smallest absolute Gasteiger partial charge is 0.415 e. The number of thiazole rings is 1. The molecule has 0 bridgehead atoms. The minimum absolute atomic E-state index is 0.419. The Labute approximate surface area is 134 Å². The van der Waals surface area contributed by atoms with Crippen LogP contribution in [0.5, 0.6) is 0 Å². The Balaban J connectivity index is 2.33. The quantitative estimate of drug-likeness (QED) is 0.850. The molecule has 2 aromatic rings. The molecule has 0 spiro atoms. The summed E-state index contributed by atoms with van der Waals surface area (Å²) in [6.45, 7) is 9.27. The molecule has 0 saturated carbocycles. The molecule has 0 unspecified atom stereocenters. The molecule has 0 aliphatic heterocycles. The van der Waals surface area contributed by atoms with Crippen molar-refractivity contribution >= 4 is 28.5 Å². The number of hydrogen-bond acceptors (Lipinski definition) is 5. The number of ether oxygens (including phenoxy) is 1. The van der Waals surface area contributed by atoms with Crippen LogP contribution in [0, 0.1) is 0 Å². The number of hydrogen-bond donors (Lipinski definition) is 0. The van der Waals surface area contributed by atoms with E-state index in [4.69, 9.17) is 4.74 Å². The SMILES string of the molecule is C=Cc1nc(-c2cccnc2)sc1N(C)C(=O)OC(C)(C)C. The zero-order chi connectivity index (χ0) is 16.3. The summed E-state index contributed by atoms with van der Waals surface area (Å²) < 4.78 is 5.39. The number of carbonyl (C=O) groups is 1. The first-order valence-corrected chi connectivity index (χ1v) is 7.64. The Kier molecular flexibility index (Phi) is 4.61. The van der Waals surface area contributed by atoms with Crippen LogP contribution in [0.25, 0.3) is 16.6 Å². The summed E-state index contributed by atoms with van der Waals surface area (Å²) >= 11 is 1.40. The second-order valence-electron chi connectivity index (χ2n) is 5.69. The summed E-state index contributed by atoms with van der Waals surface area (Å²) in [6, 6.07) is 3.78. The van der Waals surface area contributed by atoms with E-state index in [2.05, 4.69) is 16.5 Å². The van der Waals surface area contributed by atoms with Gasteiger partial charge in [0.15, 0.2) is 0 Å². The van der Waals surface area contributed by atoms with Gasteiger partial charge < -0.3 is 4.74 Å². The van der Waals surface area contributed by atoms with Crippen molar-refractivity contribution in [2.45, 2.75) is 26.4 Å². The molecule has 1 amide bonds. The molecule has 0 atom stereocenters. The van der Waals surface area contributed by atoms with Gasteiger partial charge in [-0.3, -0.25) is 9.88 Å². The molecule has 0 aliphatic rings. The lowest BCUT2D eigenvalue weighted by Crippen LogP contribution is -2.34. The van der Waals surface area contributed by atoms with Gasteiger partial charge in [-0.05, 0) is 39.0 Å². The summed E-state index contributed by atoms with van der Waals surface area (Å²) in [7, 11) is 1.67. The van der Waals surface area contributed by atoms with Gasteiger partial charge >= 0.3 is 6.09 Å².